The second kappa shape index (κ2) is 8.19. The van der Waals surface area contributed by atoms with E-state index in [0.29, 0.717) is 19.3 Å². The summed E-state index contributed by atoms with van der Waals surface area (Å²) >= 11 is 0. The van der Waals surface area contributed by atoms with Crippen LogP contribution < -0.4 is 10.6 Å². The third-order valence-corrected chi connectivity index (χ3v) is 7.32. The molecule has 3 aliphatic rings. The Kier molecular flexibility index (Phi) is 5.32. The van der Waals surface area contributed by atoms with Crippen LogP contribution in [-0.4, -0.2) is 53.5 Å². The Hall–Kier alpha value is -3.39. The molecule has 33 heavy (non-hydrogen) atoms. The summed E-state index contributed by atoms with van der Waals surface area (Å²) in [4.78, 5) is 36.3. The van der Waals surface area contributed by atoms with Gasteiger partial charge in [-0.05, 0) is 47.4 Å². The SMILES string of the molecule is O=C(N[C@H]1C[C@@H]2C[C@]2(C(=O)N[C@@H](CO)C(=O)O)C1)OCC1c2ccccc2-c2ccccc21. The zero-order valence-electron chi connectivity index (χ0n) is 18.0. The van der Waals surface area contributed by atoms with Crippen molar-refractivity contribution in [3.63, 3.8) is 0 Å². The number of hydrogen-bond donors (Lipinski definition) is 4. The van der Waals surface area contributed by atoms with Gasteiger partial charge in [0, 0.05) is 12.0 Å². The van der Waals surface area contributed by atoms with Crippen LogP contribution in [0.1, 0.15) is 36.3 Å². The van der Waals surface area contributed by atoms with E-state index in [1.165, 1.54) is 0 Å². The van der Waals surface area contributed by atoms with Gasteiger partial charge in [-0.15, -0.1) is 0 Å². The number of carbonyl (C=O) groups excluding carboxylic acids is 2. The van der Waals surface area contributed by atoms with Crippen molar-refractivity contribution >= 4 is 18.0 Å². The molecule has 3 aliphatic carbocycles. The summed E-state index contributed by atoms with van der Waals surface area (Å²) in [6.45, 7) is -0.443. The van der Waals surface area contributed by atoms with Gasteiger partial charge in [-0.25, -0.2) is 9.59 Å². The van der Waals surface area contributed by atoms with E-state index in [1.54, 1.807) is 0 Å². The molecule has 4 N–H and O–H groups in total. The first-order chi connectivity index (χ1) is 15.9. The van der Waals surface area contributed by atoms with Gasteiger partial charge in [0.1, 0.15) is 12.6 Å². The number of benzene rings is 2. The van der Waals surface area contributed by atoms with Gasteiger partial charge in [-0.1, -0.05) is 48.5 Å². The van der Waals surface area contributed by atoms with E-state index in [-0.39, 0.29) is 30.4 Å². The van der Waals surface area contributed by atoms with Gasteiger partial charge >= 0.3 is 12.1 Å². The lowest BCUT2D eigenvalue weighted by Gasteiger charge is -2.20. The highest BCUT2D eigenvalue weighted by molar-refractivity contribution is 5.90. The van der Waals surface area contributed by atoms with Gasteiger partial charge in [0.05, 0.1) is 12.0 Å². The van der Waals surface area contributed by atoms with Gasteiger partial charge in [0.15, 0.2) is 0 Å². The second-order valence-electron chi connectivity index (χ2n) is 9.21. The summed E-state index contributed by atoms with van der Waals surface area (Å²) in [5.74, 6) is -1.57. The summed E-state index contributed by atoms with van der Waals surface area (Å²) < 4.78 is 5.60. The third kappa shape index (κ3) is 3.74. The summed E-state index contributed by atoms with van der Waals surface area (Å²) in [6, 6.07) is 14.7. The summed E-state index contributed by atoms with van der Waals surface area (Å²) in [5.41, 5.74) is 3.94. The fraction of sp³-hybridized carbons (Fsp3) is 0.400. The van der Waals surface area contributed by atoms with Crippen LogP contribution >= 0.6 is 0 Å². The quantitative estimate of drug-likeness (QED) is 0.513. The molecule has 8 nitrogen and oxygen atoms in total. The number of rotatable bonds is 7. The molecule has 2 aromatic rings. The van der Waals surface area contributed by atoms with E-state index < -0.39 is 30.1 Å². The van der Waals surface area contributed by atoms with Crippen LogP contribution in [-0.2, 0) is 14.3 Å². The largest absolute Gasteiger partial charge is 0.480 e. The molecule has 4 atom stereocenters. The number of aliphatic hydroxyl groups is 1. The zero-order chi connectivity index (χ0) is 23.2. The molecule has 0 spiro atoms. The maximum atomic E-state index is 12.6. The minimum absolute atomic E-state index is 0.0244. The number of amides is 2. The highest BCUT2D eigenvalue weighted by atomic mass is 16.5. The number of carboxylic acid groups (broad SMARTS) is 1. The standard InChI is InChI=1S/C25H26N2O6/c28-12-21(22(29)30)27-23(31)25-10-14(25)9-15(11-25)26-24(32)33-13-20-18-7-3-1-5-16(18)17-6-2-4-8-19(17)20/h1-8,14-15,20-21,28H,9-13H2,(H,26,32)(H,27,31)(H,29,30)/t14-,15+,21+,25+/m1/s1. The molecule has 2 amide bonds. The summed E-state index contributed by atoms with van der Waals surface area (Å²) in [6.07, 6.45) is 1.23. The average Bonchev–Trinajstić information content (AvgIpc) is 3.24. The number of nitrogens with one attached hydrogen (secondary N) is 2. The van der Waals surface area contributed by atoms with Crippen molar-refractivity contribution in [3.8, 4) is 11.1 Å². The molecule has 0 bridgehead atoms. The Morgan fingerprint density at radius 2 is 1.67 bits per heavy atom. The van der Waals surface area contributed by atoms with Crippen LogP contribution in [0.25, 0.3) is 11.1 Å². The monoisotopic (exact) mass is 450 g/mol. The Labute approximate surface area is 191 Å². The van der Waals surface area contributed by atoms with Gasteiger partial charge in [0.25, 0.3) is 0 Å². The van der Waals surface area contributed by atoms with Gasteiger partial charge in [0.2, 0.25) is 5.91 Å². The van der Waals surface area contributed by atoms with Crippen LogP contribution in [0.2, 0.25) is 0 Å². The lowest BCUT2D eigenvalue weighted by atomic mass is 9.98. The molecular weight excluding hydrogens is 424 g/mol. The van der Waals surface area contributed by atoms with E-state index in [4.69, 9.17) is 14.9 Å². The van der Waals surface area contributed by atoms with Crippen LogP contribution in [0.5, 0.6) is 0 Å². The van der Waals surface area contributed by atoms with E-state index in [0.717, 1.165) is 22.3 Å². The van der Waals surface area contributed by atoms with Crippen LogP contribution in [0, 0.1) is 11.3 Å². The molecule has 2 aromatic carbocycles. The van der Waals surface area contributed by atoms with Crippen molar-refractivity contribution < 1.29 is 29.3 Å². The van der Waals surface area contributed by atoms with Gasteiger partial charge < -0.3 is 25.6 Å². The molecular formula is C25H26N2O6. The van der Waals surface area contributed by atoms with Crippen molar-refractivity contribution in [2.24, 2.45) is 11.3 Å². The molecule has 0 aliphatic heterocycles. The lowest BCUT2D eigenvalue weighted by Crippen LogP contribution is -2.47. The minimum Gasteiger partial charge on any atom is -0.480 e. The van der Waals surface area contributed by atoms with E-state index in [1.807, 2.05) is 24.3 Å². The number of alkyl carbamates (subject to hydrolysis) is 1. The fourth-order valence-corrected chi connectivity index (χ4v) is 5.58. The highest BCUT2D eigenvalue weighted by Gasteiger charge is 2.65. The van der Waals surface area contributed by atoms with E-state index in [9.17, 15) is 14.4 Å². The molecule has 2 fully saturated rings. The Balaban J connectivity index is 1.17. The van der Waals surface area contributed by atoms with Crippen LogP contribution in [0.3, 0.4) is 0 Å². The maximum absolute atomic E-state index is 12.6. The normalized spacial score (nSPS) is 25.4. The highest BCUT2D eigenvalue weighted by Crippen LogP contribution is 2.63. The van der Waals surface area contributed by atoms with Gasteiger partial charge in [-0.3, -0.25) is 4.79 Å². The maximum Gasteiger partial charge on any atom is 0.407 e. The number of aliphatic carboxylic acids is 1. The van der Waals surface area contributed by atoms with Crippen molar-refractivity contribution in [1.82, 2.24) is 10.6 Å². The summed E-state index contributed by atoms with van der Waals surface area (Å²) in [7, 11) is 0. The molecule has 0 heterocycles. The molecule has 2 saturated carbocycles. The van der Waals surface area contributed by atoms with Crippen LogP contribution in [0.4, 0.5) is 4.79 Å². The zero-order valence-corrected chi connectivity index (χ0v) is 18.0. The minimum atomic E-state index is -1.32. The molecule has 0 saturated heterocycles. The first kappa shape index (κ1) is 21.5. The number of fused-ring (bicyclic) bond motifs is 4. The molecule has 172 valence electrons. The van der Waals surface area contributed by atoms with Crippen molar-refractivity contribution in [3.05, 3.63) is 59.7 Å². The molecule has 0 aromatic heterocycles. The third-order valence-electron chi connectivity index (χ3n) is 7.32. The fourth-order valence-electron chi connectivity index (χ4n) is 5.58. The number of carbonyl (C=O) groups is 3. The second-order valence-corrected chi connectivity index (χ2v) is 9.21. The predicted octanol–water partition coefficient (Wildman–Crippen LogP) is 2.26. The lowest BCUT2D eigenvalue weighted by molar-refractivity contribution is -0.144. The van der Waals surface area contributed by atoms with Crippen molar-refractivity contribution in [2.75, 3.05) is 13.2 Å². The van der Waals surface area contributed by atoms with E-state index in [2.05, 4.69) is 34.9 Å². The first-order valence-corrected chi connectivity index (χ1v) is 11.2. The van der Waals surface area contributed by atoms with Crippen molar-refractivity contribution in [2.45, 2.75) is 37.3 Å². The van der Waals surface area contributed by atoms with E-state index >= 15 is 0 Å². The number of carboxylic acids is 1. The number of ether oxygens (including phenoxy) is 1. The molecule has 0 unspecified atom stereocenters. The van der Waals surface area contributed by atoms with Gasteiger partial charge in [-0.2, -0.15) is 0 Å². The predicted molar refractivity (Wildman–Crippen MR) is 118 cm³/mol. The average molecular weight is 450 g/mol. The smallest absolute Gasteiger partial charge is 0.407 e. The van der Waals surface area contributed by atoms with Crippen molar-refractivity contribution in [1.29, 1.82) is 0 Å². The van der Waals surface area contributed by atoms with Crippen LogP contribution in [0.15, 0.2) is 48.5 Å². The number of hydrogen-bond acceptors (Lipinski definition) is 5. The first-order valence-electron chi connectivity index (χ1n) is 11.2. The Morgan fingerprint density at radius 3 is 2.27 bits per heavy atom. The number of aliphatic hydroxyl groups excluding tert-OH is 1. The topological polar surface area (TPSA) is 125 Å². The summed E-state index contributed by atoms with van der Waals surface area (Å²) in [5, 5.41) is 23.5. The Bertz CT molecular complexity index is 1070. The molecule has 5 rings (SSSR count). The molecule has 0 radical (unpaired) electrons. The Morgan fingerprint density at radius 1 is 1.03 bits per heavy atom. The molecule has 8 heteroatoms.